The minimum atomic E-state index is 0. The summed E-state index contributed by atoms with van der Waals surface area (Å²) < 4.78 is 0. The van der Waals surface area contributed by atoms with Crippen LogP contribution in [0.3, 0.4) is 0 Å². The minimum absolute atomic E-state index is 0. The van der Waals surface area contributed by atoms with Crippen LogP contribution < -0.4 is 10.6 Å². The SMILES string of the molecule is Cl.O=C(NCc1ccc2c(c1)CNC2)C(C1CC1)C1CC1. The first kappa shape index (κ1) is 14.9. The first-order chi connectivity index (χ1) is 9.81. The van der Waals surface area contributed by atoms with E-state index in [2.05, 4.69) is 28.8 Å². The molecule has 114 valence electrons. The number of fused-ring (bicyclic) bond motifs is 1. The standard InChI is InChI=1S/C17H22N2O.ClH/c20-17(16(12-3-4-12)13-5-6-13)19-8-11-1-2-14-9-18-10-15(14)7-11;/h1-2,7,12-13,16,18H,3-6,8-10H2,(H,19,20);1H. The number of benzene rings is 1. The van der Waals surface area contributed by atoms with E-state index in [1.165, 1.54) is 42.4 Å². The normalized spacial score (nSPS) is 20.0. The van der Waals surface area contributed by atoms with Crippen molar-refractivity contribution < 1.29 is 4.79 Å². The summed E-state index contributed by atoms with van der Waals surface area (Å²) in [5.41, 5.74) is 4.01. The van der Waals surface area contributed by atoms with E-state index in [1.807, 2.05) is 0 Å². The van der Waals surface area contributed by atoms with Crippen molar-refractivity contribution in [2.24, 2.45) is 17.8 Å². The van der Waals surface area contributed by atoms with Crippen molar-refractivity contribution >= 4 is 18.3 Å². The number of rotatable bonds is 5. The molecule has 2 fully saturated rings. The fraction of sp³-hybridized carbons (Fsp3) is 0.588. The number of carbonyl (C=O) groups is 1. The average molecular weight is 307 g/mol. The molecule has 1 heterocycles. The van der Waals surface area contributed by atoms with Crippen LogP contribution in [0.1, 0.15) is 42.4 Å². The summed E-state index contributed by atoms with van der Waals surface area (Å²) in [6, 6.07) is 6.57. The molecule has 2 N–H and O–H groups in total. The van der Waals surface area contributed by atoms with E-state index < -0.39 is 0 Å². The topological polar surface area (TPSA) is 41.1 Å². The van der Waals surface area contributed by atoms with Gasteiger partial charge < -0.3 is 10.6 Å². The molecule has 2 aliphatic carbocycles. The second-order valence-electron chi connectivity index (χ2n) is 6.63. The third-order valence-electron chi connectivity index (χ3n) is 4.93. The zero-order chi connectivity index (χ0) is 13.5. The molecule has 0 unspecified atom stereocenters. The maximum Gasteiger partial charge on any atom is 0.223 e. The highest BCUT2D eigenvalue weighted by Gasteiger charge is 2.45. The first-order valence-corrected chi connectivity index (χ1v) is 7.90. The molecule has 0 aromatic heterocycles. The Labute approximate surface area is 132 Å². The Hall–Kier alpha value is -1.06. The van der Waals surface area contributed by atoms with Gasteiger partial charge in [0.05, 0.1) is 0 Å². The van der Waals surface area contributed by atoms with Crippen LogP contribution >= 0.6 is 12.4 Å². The quantitative estimate of drug-likeness (QED) is 0.878. The molecular weight excluding hydrogens is 284 g/mol. The van der Waals surface area contributed by atoms with Gasteiger partial charge in [-0.25, -0.2) is 0 Å². The average Bonchev–Trinajstić information content (AvgIpc) is 3.38. The number of nitrogens with one attached hydrogen (secondary N) is 2. The Kier molecular flexibility index (Phi) is 4.23. The number of amides is 1. The lowest BCUT2D eigenvalue weighted by atomic mass is 9.97. The zero-order valence-electron chi connectivity index (χ0n) is 12.2. The predicted molar refractivity (Wildman–Crippen MR) is 85.0 cm³/mol. The van der Waals surface area contributed by atoms with Gasteiger partial charge in [-0.15, -0.1) is 12.4 Å². The Bertz CT molecular complexity index is 526. The fourth-order valence-electron chi connectivity index (χ4n) is 3.49. The van der Waals surface area contributed by atoms with Crippen molar-refractivity contribution in [1.82, 2.24) is 10.6 Å². The summed E-state index contributed by atoms with van der Waals surface area (Å²) in [5.74, 6) is 1.98. The second-order valence-corrected chi connectivity index (χ2v) is 6.63. The van der Waals surface area contributed by atoms with Crippen LogP contribution in [-0.2, 0) is 24.4 Å². The van der Waals surface area contributed by atoms with Crippen LogP contribution in [0.4, 0.5) is 0 Å². The number of hydrogen-bond acceptors (Lipinski definition) is 2. The molecule has 4 heteroatoms. The van der Waals surface area contributed by atoms with Gasteiger partial charge in [0.15, 0.2) is 0 Å². The summed E-state index contributed by atoms with van der Waals surface area (Å²) in [4.78, 5) is 12.4. The van der Waals surface area contributed by atoms with Crippen molar-refractivity contribution in [3.63, 3.8) is 0 Å². The molecule has 4 rings (SSSR count). The van der Waals surface area contributed by atoms with Gasteiger partial charge in [-0.1, -0.05) is 18.2 Å². The van der Waals surface area contributed by atoms with E-state index in [9.17, 15) is 4.79 Å². The number of halogens is 1. The van der Waals surface area contributed by atoms with E-state index in [4.69, 9.17) is 0 Å². The van der Waals surface area contributed by atoms with Gasteiger partial charge in [0.2, 0.25) is 5.91 Å². The van der Waals surface area contributed by atoms with Gasteiger partial charge in [-0.2, -0.15) is 0 Å². The molecule has 3 nitrogen and oxygen atoms in total. The Morgan fingerprint density at radius 2 is 1.81 bits per heavy atom. The highest BCUT2D eigenvalue weighted by atomic mass is 35.5. The summed E-state index contributed by atoms with van der Waals surface area (Å²) >= 11 is 0. The molecule has 0 spiro atoms. The second kappa shape index (κ2) is 5.98. The van der Waals surface area contributed by atoms with Crippen LogP contribution in [0.15, 0.2) is 18.2 Å². The molecular formula is C17H23ClN2O. The smallest absolute Gasteiger partial charge is 0.223 e. The van der Waals surface area contributed by atoms with Crippen LogP contribution in [0.2, 0.25) is 0 Å². The highest BCUT2D eigenvalue weighted by Crippen LogP contribution is 2.49. The fourth-order valence-corrected chi connectivity index (χ4v) is 3.49. The molecule has 0 saturated heterocycles. The van der Waals surface area contributed by atoms with Crippen molar-refractivity contribution in [2.75, 3.05) is 0 Å². The van der Waals surface area contributed by atoms with Gasteiger partial charge >= 0.3 is 0 Å². The van der Waals surface area contributed by atoms with Crippen molar-refractivity contribution in [2.45, 2.75) is 45.3 Å². The zero-order valence-corrected chi connectivity index (χ0v) is 13.0. The lowest BCUT2D eigenvalue weighted by Gasteiger charge is -2.15. The van der Waals surface area contributed by atoms with Gasteiger partial charge in [0.25, 0.3) is 0 Å². The third-order valence-corrected chi connectivity index (χ3v) is 4.93. The molecule has 0 atom stereocenters. The molecule has 1 aromatic rings. The van der Waals surface area contributed by atoms with Crippen molar-refractivity contribution in [3.8, 4) is 0 Å². The Balaban J connectivity index is 0.00000132. The molecule has 0 radical (unpaired) electrons. The van der Waals surface area contributed by atoms with Gasteiger partial charge in [0, 0.05) is 25.6 Å². The van der Waals surface area contributed by atoms with Gasteiger partial charge in [-0.05, 0) is 54.2 Å². The largest absolute Gasteiger partial charge is 0.352 e. The lowest BCUT2D eigenvalue weighted by molar-refractivity contribution is -0.126. The number of carbonyl (C=O) groups excluding carboxylic acids is 1. The summed E-state index contributed by atoms with van der Waals surface area (Å²) in [6.07, 6.45) is 5.05. The number of hydrogen-bond donors (Lipinski definition) is 2. The van der Waals surface area contributed by atoms with E-state index in [0.717, 1.165) is 13.1 Å². The molecule has 1 amide bonds. The van der Waals surface area contributed by atoms with Gasteiger partial charge in [0.1, 0.15) is 0 Å². The van der Waals surface area contributed by atoms with Crippen molar-refractivity contribution in [1.29, 1.82) is 0 Å². The molecule has 1 aliphatic heterocycles. The highest BCUT2D eigenvalue weighted by molar-refractivity contribution is 5.85. The van der Waals surface area contributed by atoms with E-state index in [1.54, 1.807) is 0 Å². The van der Waals surface area contributed by atoms with Crippen LogP contribution in [0.5, 0.6) is 0 Å². The predicted octanol–water partition coefficient (Wildman–Crippen LogP) is 2.76. The Morgan fingerprint density at radius 1 is 1.14 bits per heavy atom. The van der Waals surface area contributed by atoms with Crippen LogP contribution in [0, 0.1) is 17.8 Å². The maximum absolute atomic E-state index is 12.4. The van der Waals surface area contributed by atoms with Crippen LogP contribution in [-0.4, -0.2) is 5.91 Å². The Morgan fingerprint density at radius 3 is 2.48 bits per heavy atom. The van der Waals surface area contributed by atoms with Crippen molar-refractivity contribution in [3.05, 3.63) is 34.9 Å². The van der Waals surface area contributed by atoms with Gasteiger partial charge in [-0.3, -0.25) is 4.79 Å². The maximum atomic E-state index is 12.4. The summed E-state index contributed by atoms with van der Waals surface area (Å²) in [5, 5.41) is 6.53. The first-order valence-electron chi connectivity index (χ1n) is 7.90. The third kappa shape index (κ3) is 3.24. The summed E-state index contributed by atoms with van der Waals surface area (Å²) in [7, 11) is 0. The summed E-state index contributed by atoms with van der Waals surface area (Å²) in [6.45, 7) is 2.62. The molecule has 1 aromatic carbocycles. The molecule has 21 heavy (non-hydrogen) atoms. The molecule has 2 saturated carbocycles. The monoisotopic (exact) mass is 306 g/mol. The minimum Gasteiger partial charge on any atom is -0.352 e. The van der Waals surface area contributed by atoms with Crippen LogP contribution in [0.25, 0.3) is 0 Å². The molecule has 3 aliphatic rings. The van der Waals surface area contributed by atoms with E-state index in [0.29, 0.717) is 30.2 Å². The molecule has 0 bridgehead atoms. The van der Waals surface area contributed by atoms with E-state index in [-0.39, 0.29) is 12.4 Å². The lowest BCUT2D eigenvalue weighted by Crippen LogP contribution is -2.32. The van der Waals surface area contributed by atoms with E-state index >= 15 is 0 Å².